The molecule has 1 saturated heterocycles. The summed E-state index contributed by atoms with van der Waals surface area (Å²) in [5, 5.41) is 2.82. The number of nitrogens with zero attached hydrogens (tertiary/aromatic N) is 1. The first-order chi connectivity index (χ1) is 7.66. The number of amides is 2. The third-order valence-electron chi connectivity index (χ3n) is 2.39. The number of carbonyl (C=O) groups is 2. The van der Waals surface area contributed by atoms with E-state index in [2.05, 4.69) is 5.32 Å². The van der Waals surface area contributed by atoms with Crippen LogP contribution in [0.25, 0.3) is 0 Å². The average molecular weight is 230 g/mol. The standard InChI is InChI=1S/C10H18N2O4/c1-8-10(14)12(9(13)7-11-8)3-4-16-6-5-15-2/h8,11H,3-7H2,1-2H3. The van der Waals surface area contributed by atoms with Crippen LogP contribution < -0.4 is 5.32 Å². The third kappa shape index (κ3) is 3.55. The first-order valence-electron chi connectivity index (χ1n) is 5.31. The first kappa shape index (κ1) is 13.1. The van der Waals surface area contributed by atoms with Gasteiger partial charge in [-0.05, 0) is 6.92 Å². The molecule has 0 aliphatic carbocycles. The van der Waals surface area contributed by atoms with Crippen LogP contribution in [0.1, 0.15) is 6.92 Å². The summed E-state index contributed by atoms with van der Waals surface area (Å²) in [6.45, 7) is 3.61. The fourth-order valence-electron chi connectivity index (χ4n) is 1.41. The van der Waals surface area contributed by atoms with E-state index in [1.54, 1.807) is 14.0 Å². The van der Waals surface area contributed by atoms with Gasteiger partial charge >= 0.3 is 0 Å². The number of rotatable bonds is 6. The van der Waals surface area contributed by atoms with E-state index >= 15 is 0 Å². The molecule has 2 amide bonds. The van der Waals surface area contributed by atoms with E-state index in [9.17, 15) is 9.59 Å². The van der Waals surface area contributed by atoms with Crippen LogP contribution in [0.4, 0.5) is 0 Å². The normalized spacial score (nSPS) is 21.6. The zero-order valence-corrected chi connectivity index (χ0v) is 9.69. The minimum Gasteiger partial charge on any atom is -0.382 e. The van der Waals surface area contributed by atoms with Crippen LogP contribution in [0.3, 0.4) is 0 Å². The van der Waals surface area contributed by atoms with Gasteiger partial charge in [0.2, 0.25) is 11.8 Å². The molecule has 0 aromatic rings. The highest BCUT2D eigenvalue weighted by atomic mass is 16.5. The van der Waals surface area contributed by atoms with Crippen LogP contribution in [-0.4, -0.2) is 62.8 Å². The monoisotopic (exact) mass is 230 g/mol. The molecular formula is C10H18N2O4. The summed E-state index contributed by atoms with van der Waals surface area (Å²) >= 11 is 0. The molecule has 92 valence electrons. The van der Waals surface area contributed by atoms with Crippen molar-refractivity contribution in [3.05, 3.63) is 0 Å². The summed E-state index contributed by atoms with van der Waals surface area (Å²) in [5.41, 5.74) is 0. The van der Waals surface area contributed by atoms with Gasteiger partial charge in [0.15, 0.2) is 0 Å². The van der Waals surface area contributed by atoms with Gasteiger partial charge in [-0.2, -0.15) is 0 Å². The molecule has 1 aliphatic rings. The first-order valence-corrected chi connectivity index (χ1v) is 5.31. The summed E-state index contributed by atoms with van der Waals surface area (Å²) in [7, 11) is 1.59. The summed E-state index contributed by atoms with van der Waals surface area (Å²) in [6.07, 6.45) is 0. The van der Waals surface area contributed by atoms with Crippen molar-refractivity contribution in [2.45, 2.75) is 13.0 Å². The van der Waals surface area contributed by atoms with Crippen LogP contribution in [0.5, 0.6) is 0 Å². The Bertz CT molecular complexity index is 257. The molecule has 0 bridgehead atoms. The molecule has 6 heteroatoms. The molecule has 1 heterocycles. The van der Waals surface area contributed by atoms with Gasteiger partial charge in [0.25, 0.3) is 0 Å². The highest BCUT2D eigenvalue weighted by Gasteiger charge is 2.30. The number of nitrogens with one attached hydrogen (secondary N) is 1. The van der Waals surface area contributed by atoms with Crippen molar-refractivity contribution in [1.82, 2.24) is 10.2 Å². The Morgan fingerprint density at radius 2 is 2.12 bits per heavy atom. The average Bonchev–Trinajstić information content (AvgIpc) is 2.28. The Labute approximate surface area is 94.9 Å². The summed E-state index contributed by atoms with van der Waals surface area (Å²) in [6, 6.07) is -0.295. The van der Waals surface area contributed by atoms with Gasteiger partial charge in [-0.25, -0.2) is 0 Å². The molecule has 6 nitrogen and oxygen atoms in total. The lowest BCUT2D eigenvalue weighted by Gasteiger charge is -2.29. The molecule has 1 unspecified atom stereocenters. The van der Waals surface area contributed by atoms with Crippen LogP contribution in [0.2, 0.25) is 0 Å². The Hall–Kier alpha value is -0.980. The highest BCUT2D eigenvalue weighted by Crippen LogP contribution is 2.02. The van der Waals surface area contributed by atoms with E-state index in [0.717, 1.165) is 0 Å². The quantitative estimate of drug-likeness (QED) is 0.468. The molecular weight excluding hydrogens is 212 g/mol. The molecule has 0 aromatic heterocycles. The molecule has 0 saturated carbocycles. The van der Waals surface area contributed by atoms with Gasteiger partial charge in [-0.15, -0.1) is 0 Å². The van der Waals surface area contributed by atoms with E-state index in [1.807, 2.05) is 0 Å². The second-order valence-corrected chi connectivity index (χ2v) is 3.59. The second-order valence-electron chi connectivity index (χ2n) is 3.59. The van der Waals surface area contributed by atoms with Crippen LogP contribution in [0.15, 0.2) is 0 Å². The van der Waals surface area contributed by atoms with Crippen LogP contribution in [-0.2, 0) is 19.1 Å². The number of hydrogen-bond donors (Lipinski definition) is 1. The smallest absolute Gasteiger partial charge is 0.246 e. The predicted octanol–water partition coefficient (Wildman–Crippen LogP) is -1.00. The SMILES string of the molecule is COCCOCCN1C(=O)CNC(C)C1=O. The molecule has 1 N–H and O–H groups in total. The molecule has 1 rings (SSSR count). The van der Waals surface area contributed by atoms with Crippen molar-refractivity contribution in [3.63, 3.8) is 0 Å². The van der Waals surface area contributed by atoms with Crippen molar-refractivity contribution in [1.29, 1.82) is 0 Å². The number of ether oxygens (including phenoxy) is 2. The highest BCUT2D eigenvalue weighted by molar-refractivity contribution is 6.00. The molecule has 0 aromatic carbocycles. The van der Waals surface area contributed by atoms with E-state index in [4.69, 9.17) is 9.47 Å². The largest absolute Gasteiger partial charge is 0.382 e. The lowest BCUT2D eigenvalue weighted by Crippen LogP contribution is -2.57. The number of hydrogen-bond acceptors (Lipinski definition) is 5. The molecule has 0 spiro atoms. The predicted molar refractivity (Wildman–Crippen MR) is 56.9 cm³/mol. The van der Waals surface area contributed by atoms with Gasteiger partial charge < -0.3 is 9.47 Å². The minimum atomic E-state index is -0.295. The Morgan fingerprint density at radius 3 is 2.81 bits per heavy atom. The fourth-order valence-corrected chi connectivity index (χ4v) is 1.41. The van der Waals surface area contributed by atoms with Gasteiger partial charge in [-0.3, -0.25) is 19.8 Å². The summed E-state index contributed by atoms with van der Waals surface area (Å²) in [4.78, 5) is 24.3. The number of piperazine rings is 1. The maximum absolute atomic E-state index is 11.6. The molecule has 1 aliphatic heterocycles. The third-order valence-corrected chi connectivity index (χ3v) is 2.39. The fraction of sp³-hybridized carbons (Fsp3) is 0.800. The second kappa shape index (κ2) is 6.57. The number of imide groups is 1. The van der Waals surface area contributed by atoms with E-state index in [-0.39, 0.29) is 24.4 Å². The van der Waals surface area contributed by atoms with Gasteiger partial charge in [0, 0.05) is 7.11 Å². The van der Waals surface area contributed by atoms with E-state index in [1.165, 1.54) is 4.90 Å². The summed E-state index contributed by atoms with van der Waals surface area (Å²) < 4.78 is 10.0. The zero-order valence-electron chi connectivity index (χ0n) is 9.69. The molecule has 0 radical (unpaired) electrons. The zero-order chi connectivity index (χ0) is 12.0. The summed E-state index contributed by atoms with van der Waals surface area (Å²) in [5.74, 6) is -0.384. The molecule has 16 heavy (non-hydrogen) atoms. The number of methoxy groups -OCH3 is 1. The van der Waals surface area contributed by atoms with Crippen LogP contribution >= 0.6 is 0 Å². The van der Waals surface area contributed by atoms with Crippen molar-refractivity contribution in [2.75, 3.05) is 40.0 Å². The van der Waals surface area contributed by atoms with Crippen molar-refractivity contribution >= 4 is 11.8 Å². The Kier molecular flexibility index (Phi) is 5.37. The maximum Gasteiger partial charge on any atom is 0.246 e. The van der Waals surface area contributed by atoms with Gasteiger partial charge in [0.1, 0.15) is 0 Å². The minimum absolute atomic E-state index is 0.188. The molecule has 1 atom stereocenters. The van der Waals surface area contributed by atoms with E-state index < -0.39 is 0 Å². The Morgan fingerprint density at radius 1 is 1.38 bits per heavy atom. The van der Waals surface area contributed by atoms with E-state index in [0.29, 0.717) is 26.4 Å². The Balaban J connectivity index is 2.28. The van der Waals surface area contributed by atoms with Gasteiger partial charge in [-0.1, -0.05) is 0 Å². The van der Waals surface area contributed by atoms with Crippen LogP contribution in [0, 0.1) is 0 Å². The van der Waals surface area contributed by atoms with Crippen molar-refractivity contribution in [3.8, 4) is 0 Å². The van der Waals surface area contributed by atoms with Crippen molar-refractivity contribution in [2.24, 2.45) is 0 Å². The van der Waals surface area contributed by atoms with Gasteiger partial charge in [0.05, 0.1) is 39.0 Å². The lowest BCUT2D eigenvalue weighted by atomic mass is 10.2. The number of carbonyl (C=O) groups excluding carboxylic acids is 2. The molecule has 1 fully saturated rings. The topological polar surface area (TPSA) is 67.9 Å². The maximum atomic E-state index is 11.6. The lowest BCUT2D eigenvalue weighted by molar-refractivity contribution is -0.149. The van der Waals surface area contributed by atoms with Crippen molar-refractivity contribution < 1.29 is 19.1 Å².